The third-order valence-electron chi connectivity index (χ3n) is 12.9. The Labute approximate surface area is 336 Å². The maximum atomic E-state index is 3.81. The van der Waals surface area contributed by atoms with Crippen LogP contribution in [-0.4, -0.2) is 23.7 Å². The van der Waals surface area contributed by atoms with Gasteiger partial charge in [-0.2, -0.15) is 0 Å². The van der Waals surface area contributed by atoms with Crippen LogP contribution in [0.25, 0.3) is 126 Å². The maximum Gasteiger partial charge on any atom is 0.0788 e. The highest BCUT2D eigenvalue weighted by Gasteiger charge is 2.22. The summed E-state index contributed by atoms with van der Waals surface area (Å²) < 4.78 is 7.40. The number of rotatable bonds is 3. The van der Waals surface area contributed by atoms with E-state index >= 15 is 0 Å². The number of hydrogen-bond donors (Lipinski definition) is 2. The zero-order valence-corrected chi connectivity index (χ0v) is 31.7. The Morgan fingerprint density at radius 3 is 1.25 bits per heavy atom. The topological polar surface area (TPSA) is 46.4 Å². The molecule has 5 heteroatoms. The van der Waals surface area contributed by atoms with Crippen molar-refractivity contribution in [2.24, 2.45) is 0 Å². The fourth-order valence-corrected chi connectivity index (χ4v) is 10.4. The fraction of sp³-hybridized carbons (Fsp3) is 0. The number of nitrogens with one attached hydrogen (secondary N) is 2. The van der Waals surface area contributed by atoms with Crippen LogP contribution in [0.1, 0.15) is 0 Å². The van der Waals surface area contributed by atoms with Gasteiger partial charge in [0.15, 0.2) is 0 Å². The minimum atomic E-state index is 1.12. The predicted octanol–water partition coefficient (Wildman–Crippen LogP) is 14.2. The summed E-state index contributed by atoms with van der Waals surface area (Å²) in [6, 6.07) is 68.9. The van der Waals surface area contributed by atoms with Gasteiger partial charge in [-0.05, 0) is 72.8 Å². The third-order valence-corrected chi connectivity index (χ3v) is 12.9. The number of aromatic nitrogens is 5. The molecule has 59 heavy (non-hydrogen) atoms. The van der Waals surface area contributed by atoms with E-state index in [9.17, 15) is 0 Å². The monoisotopic (exact) mass is 751 g/mol. The van der Waals surface area contributed by atoms with Crippen LogP contribution in [0, 0.1) is 0 Å². The van der Waals surface area contributed by atoms with Crippen molar-refractivity contribution in [3.8, 4) is 17.1 Å². The molecule has 5 heterocycles. The minimum absolute atomic E-state index is 1.12. The molecule has 0 aliphatic carbocycles. The van der Waals surface area contributed by atoms with E-state index in [-0.39, 0.29) is 0 Å². The molecule has 0 unspecified atom stereocenters. The summed E-state index contributed by atoms with van der Waals surface area (Å²) >= 11 is 0. The third kappa shape index (κ3) is 4.08. The summed E-state index contributed by atoms with van der Waals surface area (Å²) in [5.74, 6) is 0. The van der Waals surface area contributed by atoms with Crippen LogP contribution in [0.5, 0.6) is 0 Å². The molecule has 0 fully saturated rings. The molecule has 0 radical (unpaired) electrons. The molecular formula is C54H33N5. The number of benzene rings is 9. The number of fused-ring (bicyclic) bond motifs is 17. The Kier molecular flexibility index (Phi) is 5.96. The van der Waals surface area contributed by atoms with Gasteiger partial charge in [0.1, 0.15) is 0 Å². The average Bonchev–Trinajstić information content (AvgIpc) is 4.10. The summed E-state index contributed by atoms with van der Waals surface area (Å²) in [5, 5.41) is 12.3. The first-order chi connectivity index (χ1) is 29.3. The molecule has 0 bridgehead atoms. The Balaban J connectivity index is 1.06. The van der Waals surface area contributed by atoms with Crippen LogP contribution in [0.2, 0.25) is 0 Å². The normalized spacial score (nSPS) is 12.4. The Morgan fingerprint density at radius 2 is 0.678 bits per heavy atom. The van der Waals surface area contributed by atoms with Crippen LogP contribution in [0.3, 0.4) is 0 Å². The fourth-order valence-electron chi connectivity index (χ4n) is 10.4. The summed E-state index contributed by atoms with van der Waals surface area (Å²) in [5.41, 5.74) is 15.1. The molecular weight excluding hydrogens is 719 g/mol. The molecule has 0 saturated heterocycles. The van der Waals surface area contributed by atoms with Gasteiger partial charge >= 0.3 is 0 Å². The van der Waals surface area contributed by atoms with Gasteiger partial charge < -0.3 is 23.7 Å². The van der Waals surface area contributed by atoms with E-state index in [0.29, 0.717) is 0 Å². The average molecular weight is 752 g/mol. The summed E-state index contributed by atoms with van der Waals surface area (Å²) in [4.78, 5) is 7.58. The number of aromatic amines is 2. The van der Waals surface area contributed by atoms with Crippen LogP contribution in [0.15, 0.2) is 188 Å². The SMILES string of the molecule is c1ccc(-n2c3ccccc3c3ccc4c5ccccc5n(-c5ccc6[nH]c7ccc(-n8c9ccccc9c9ccc%10c%11ccccc%11[nH]c%10c98)cc7c6c5)c4c32)cc1. The zero-order valence-electron chi connectivity index (χ0n) is 31.7. The highest BCUT2D eigenvalue weighted by atomic mass is 15.0. The molecule has 0 spiro atoms. The second kappa shape index (κ2) is 11.3. The van der Waals surface area contributed by atoms with Gasteiger partial charge in [0.05, 0.1) is 38.6 Å². The van der Waals surface area contributed by atoms with Gasteiger partial charge in [-0.15, -0.1) is 0 Å². The molecule has 14 rings (SSSR count). The zero-order chi connectivity index (χ0) is 38.3. The van der Waals surface area contributed by atoms with Crippen LogP contribution in [-0.2, 0) is 0 Å². The second-order valence-corrected chi connectivity index (χ2v) is 15.9. The van der Waals surface area contributed by atoms with E-state index in [1.54, 1.807) is 0 Å². The smallest absolute Gasteiger partial charge is 0.0788 e. The van der Waals surface area contributed by atoms with Crippen LogP contribution < -0.4 is 0 Å². The van der Waals surface area contributed by atoms with E-state index in [4.69, 9.17) is 0 Å². The standard InChI is InChI=1S/C54H33N5/c1-2-12-32(13-3-1)57-48-19-9-6-16-37(48)41-26-27-42-38-17-7-11-21-50(38)59(54(42)53(41)57)34-23-29-47-44(31-34)43-30-33(22-28-46(43)55-47)58-49-20-10-5-15-36(49)40-25-24-39-35-14-4-8-18-45(35)56-51(39)52(40)58/h1-31,55-56H. The van der Waals surface area contributed by atoms with Gasteiger partial charge in [-0.3, -0.25) is 0 Å². The maximum absolute atomic E-state index is 3.81. The minimum Gasteiger partial charge on any atom is -0.355 e. The van der Waals surface area contributed by atoms with Crippen molar-refractivity contribution >= 4 is 109 Å². The first-order valence-electron chi connectivity index (χ1n) is 20.3. The molecule has 0 atom stereocenters. The van der Waals surface area contributed by atoms with E-state index in [1.165, 1.54) is 87.0 Å². The number of para-hydroxylation sites is 5. The Bertz CT molecular complexity index is 4070. The molecule has 0 saturated carbocycles. The lowest BCUT2D eigenvalue weighted by atomic mass is 10.1. The van der Waals surface area contributed by atoms with Crippen molar-refractivity contribution in [2.45, 2.75) is 0 Å². The van der Waals surface area contributed by atoms with E-state index < -0.39 is 0 Å². The Morgan fingerprint density at radius 1 is 0.254 bits per heavy atom. The lowest BCUT2D eigenvalue weighted by Crippen LogP contribution is -1.98. The molecule has 274 valence electrons. The highest BCUT2D eigenvalue weighted by Crippen LogP contribution is 2.43. The molecule has 0 aliphatic heterocycles. The Hall–Kier alpha value is -8.02. The van der Waals surface area contributed by atoms with Gasteiger partial charge in [-0.25, -0.2) is 0 Å². The van der Waals surface area contributed by atoms with Gasteiger partial charge in [-0.1, -0.05) is 115 Å². The molecule has 14 aromatic rings. The summed E-state index contributed by atoms with van der Waals surface area (Å²) in [7, 11) is 0. The largest absolute Gasteiger partial charge is 0.355 e. The predicted molar refractivity (Wildman–Crippen MR) is 248 cm³/mol. The number of hydrogen-bond acceptors (Lipinski definition) is 0. The lowest BCUT2D eigenvalue weighted by Gasteiger charge is -2.13. The van der Waals surface area contributed by atoms with Crippen molar-refractivity contribution in [3.05, 3.63) is 188 Å². The number of H-pyrrole nitrogens is 2. The molecule has 2 N–H and O–H groups in total. The second-order valence-electron chi connectivity index (χ2n) is 15.9. The highest BCUT2D eigenvalue weighted by molar-refractivity contribution is 6.25. The van der Waals surface area contributed by atoms with Crippen molar-refractivity contribution in [3.63, 3.8) is 0 Å². The van der Waals surface area contributed by atoms with Gasteiger partial charge in [0.25, 0.3) is 0 Å². The van der Waals surface area contributed by atoms with E-state index in [0.717, 1.165) is 39.1 Å². The molecule has 0 aliphatic rings. The molecule has 9 aromatic carbocycles. The molecule has 5 nitrogen and oxygen atoms in total. The van der Waals surface area contributed by atoms with Gasteiger partial charge in [0.2, 0.25) is 0 Å². The van der Waals surface area contributed by atoms with E-state index in [1.807, 2.05) is 0 Å². The lowest BCUT2D eigenvalue weighted by molar-refractivity contribution is 1.15. The molecule has 5 aromatic heterocycles. The van der Waals surface area contributed by atoms with Crippen LogP contribution in [0.4, 0.5) is 0 Å². The van der Waals surface area contributed by atoms with Crippen molar-refractivity contribution < 1.29 is 0 Å². The van der Waals surface area contributed by atoms with Crippen molar-refractivity contribution in [1.82, 2.24) is 23.7 Å². The first kappa shape index (κ1) is 31.1. The van der Waals surface area contributed by atoms with E-state index in [2.05, 4.69) is 212 Å². The van der Waals surface area contributed by atoms with Crippen molar-refractivity contribution in [2.75, 3.05) is 0 Å². The quantitative estimate of drug-likeness (QED) is 0.181. The molecule has 0 amide bonds. The summed E-state index contributed by atoms with van der Waals surface area (Å²) in [6.07, 6.45) is 0. The first-order valence-corrected chi connectivity index (χ1v) is 20.3. The van der Waals surface area contributed by atoms with Gasteiger partial charge in [0, 0.05) is 87.5 Å². The van der Waals surface area contributed by atoms with Crippen molar-refractivity contribution in [1.29, 1.82) is 0 Å². The van der Waals surface area contributed by atoms with Crippen LogP contribution >= 0.6 is 0 Å². The number of nitrogens with zero attached hydrogens (tertiary/aromatic N) is 3. The summed E-state index contributed by atoms with van der Waals surface area (Å²) in [6.45, 7) is 0.